The summed E-state index contributed by atoms with van der Waals surface area (Å²) in [4.78, 5) is 42.7. The van der Waals surface area contributed by atoms with Crippen LogP contribution < -0.4 is 23.8 Å². The molecule has 204 valence electrons. The van der Waals surface area contributed by atoms with E-state index < -0.39 is 29.6 Å². The van der Waals surface area contributed by atoms with Crippen molar-refractivity contribution in [3.63, 3.8) is 0 Å². The molecule has 3 amide bonds. The Hall–Kier alpha value is -4.60. The van der Waals surface area contributed by atoms with Crippen LogP contribution in [0.5, 0.6) is 23.0 Å². The van der Waals surface area contributed by atoms with Crippen LogP contribution in [0.15, 0.2) is 60.7 Å². The molecule has 39 heavy (non-hydrogen) atoms. The van der Waals surface area contributed by atoms with Gasteiger partial charge in [0, 0.05) is 12.1 Å². The predicted octanol–water partition coefficient (Wildman–Crippen LogP) is 3.88. The summed E-state index contributed by atoms with van der Waals surface area (Å²) >= 11 is 0. The number of methoxy groups -OCH3 is 4. The van der Waals surface area contributed by atoms with E-state index in [1.165, 1.54) is 63.7 Å². The lowest BCUT2D eigenvalue weighted by atomic mass is 10.1. The Morgan fingerprint density at radius 1 is 0.846 bits per heavy atom. The van der Waals surface area contributed by atoms with E-state index in [0.717, 1.165) is 10.5 Å². The third-order valence-corrected chi connectivity index (χ3v) is 6.56. The van der Waals surface area contributed by atoms with Gasteiger partial charge >= 0.3 is 0 Å². The molecule has 1 fully saturated rings. The molecule has 0 aliphatic carbocycles. The number of ether oxygens (including phenoxy) is 4. The molecule has 0 bridgehead atoms. The van der Waals surface area contributed by atoms with Crippen molar-refractivity contribution in [2.75, 3.05) is 39.9 Å². The van der Waals surface area contributed by atoms with Gasteiger partial charge < -0.3 is 23.8 Å². The number of anilines is 1. The molecule has 0 radical (unpaired) electrons. The number of amides is 3. The van der Waals surface area contributed by atoms with Crippen molar-refractivity contribution in [1.82, 2.24) is 4.90 Å². The summed E-state index contributed by atoms with van der Waals surface area (Å²) in [7, 11) is 6.01. The van der Waals surface area contributed by atoms with Gasteiger partial charge in [0.15, 0.2) is 23.0 Å². The molecule has 0 aromatic heterocycles. The fourth-order valence-corrected chi connectivity index (χ4v) is 4.54. The number of carbonyl (C=O) groups is 3. The molecule has 3 aromatic rings. The van der Waals surface area contributed by atoms with Crippen LogP contribution in [0.2, 0.25) is 0 Å². The third kappa shape index (κ3) is 5.64. The van der Waals surface area contributed by atoms with Crippen LogP contribution in [-0.2, 0) is 16.0 Å². The number of benzene rings is 3. The zero-order valence-corrected chi connectivity index (χ0v) is 22.1. The zero-order valence-electron chi connectivity index (χ0n) is 22.1. The van der Waals surface area contributed by atoms with Crippen LogP contribution in [-0.4, -0.2) is 63.6 Å². The smallest absolute Gasteiger partial charge is 0.257 e. The minimum atomic E-state index is -1.05. The Morgan fingerprint density at radius 3 is 2.05 bits per heavy atom. The van der Waals surface area contributed by atoms with Crippen LogP contribution >= 0.6 is 0 Å². The number of carbonyl (C=O) groups excluding carboxylic acids is 3. The first kappa shape index (κ1) is 27.4. The molecule has 0 spiro atoms. The summed E-state index contributed by atoms with van der Waals surface area (Å²) in [5.41, 5.74) is 1.35. The molecule has 1 saturated heterocycles. The number of imide groups is 1. The molecule has 10 heteroatoms. The average molecular weight is 537 g/mol. The van der Waals surface area contributed by atoms with Crippen molar-refractivity contribution in [2.24, 2.45) is 0 Å². The van der Waals surface area contributed by atoms with Gasteiger partial charge in [0.2, 0.25) is 5.91 Å². The van der Waals surface area contributed by atoms with Gasteiger partial charge in [-0.1, -0.05) is 6.07 Å². The van der Waals surface area contributed by atoms with Crippen molar-refractivity contribution in [3.8, 4) is 23.0 Å². The van der Waals surface area contributed by atoms with Gasteiger partial charge in [-0.3, -0.25) is 14.4 Å². The van der Waals surface area contributed by atoms with Gasteiger partial charge in [0.25, 0.3) is 11.8 Å². The monoisotopic (exact) mass is 536 g/mol. The summed E-state index contributed by atoms with van der Waals surface area (Å²) in [6, 6.07) is 14.1. The Kier molecular flexibility index (Phi) is 8.33. The first-order chi connectivity index (χ1) is 18.8. The molecule has 0 saturated carbocycles. The Morgan fingerprint density at radius 2 is 1.44 bits per heavy atom. The van der Waals surface area contributed by atoms with Crippen LogP contribution in [0.3, 0.4) is 0 Å². The molecule has 1 heterocycles. The van der Waals surface area contributed by atoms with Gasteiger partial charge in [-0.05, 0) is 66.6 Å². The van der Waals surface area contributed by atoms with E-state index in [9.17, 15) is 18.8 Å². The molecule has 0 N–H and O–H groups in total. The van der Waals surface area contributed by atoms with Crippen LogP contribution in [0, 0.1) is 5.82 Å². The highest BCUT2D eigenvalue weighted by Crippen LogP contribution is 2.32. The quantitative estimate of drug-likeness (QED) is 0.363. The third-order valence-electron chi connectivity index (χ3n) is 6.56. The molecular weight excluding hydrogens is 507 g/mol. The SMILES string of the molecule is COc1ccc(CCN(C(=O)c2ccc(OC)c(OC)c2)C2CC(=O)N(c3ccc(F)cc3)C2=O)cc1OC. The summed E-state index contributed by atoms with van der Waals surface area (Å²) in [5, 5.41) is 0. The second kappa shape index (κ2) is 11.8. The molecular formula is C29H29FN2O7. The van der Waals surface area contributed by atoms with E-state index in [0.29, 0.717) is 29.4 Å². The van der Waals surface area contributed by atoms with E-state index in [-0.39, 0.29) is 24.2 Å². The van der Waals surface area contributed by atoms with Crippen molar-refractivity contribution in [3.05, 3.63) is 77.6 Å². The molecule has 1 atom stereocenters. The van der Waals surface area contributed by atoms with Crippen LogP contribution in [0.25, 0.3) is 0 Å². The zero-order chi connectivity index (χ0) is 28.1. The van der Waals surface area contributed by atoms with E-state index in [2.05, 4.69) is 0 Å². The van der Waals surface area contributed by atoms with E-state index in [1.807, 2.05) is 6.07 Å². The minimum absolute atomic E-state index is 0.129. The second-order valence-corrected chi connectivity index (χ2v) is 8.77. The maximum absolute atomic E-state index is 13.8. The summed E-state index contributed by atoms with van der Waals surface area (Å²) in [6.45, 7) is 0.129. The standard InChI is InChI=1S/C29H29FN2O7/c1-36-23-11-5-18(15-25(23)38-3)13-14-31(28(34)19-6-12-24(37-2)26(16-19)39-4)22-17-27(33)32(29(22)35)21-9-7-20(30)8-10-21/h5-12,15-16,22H,13-14,17H2,1-4H3. The van der Waals surface area contributed by atoms with Crippen molar-refractivity contribution in [1.29, 1.82) is 0 Å². The van der Waals surface area contributed by atoms with E-state index in [4.69, 9.17) is 18.9 Å². The second-order valence-electron chi connectivity index (χ2n) is 8.77. The maximum Gasteiger partial charge on any atom is 0.257 e. The lowest BCUT2D eigenvalue weighted by Gasteiger charge is -2.28. The highest BCUT2D eigenvalue weighted by atomic mass is 19.1. The van der Waals surface area contributed by atoms with Crippen molar-refractivity contribution >= 4 is 23.4 Å². The first-order valence-corrected chi connectivity index (χ1v) is 12.2. The maximum atomic E-state index is 13.8. The molecule has 4 rings (SSSR count). The Labute approximate surface area is 225 Å². The number of nitrogens with zero attached hydrogens (tertiary/aromatic N) is 2. The topological polar surface area (TPSA) is 94.6 Å². The minimum Gasteiger partial charge on any atom is -0.493 e. The number of rotatable bonds is 10. The Balaban J connectivity index is 1.67. The fourth-order valence-electron chi connectivity index (χ4n) is 4.54. The first-order valence-electron chi connectivity index (χ1n) is 12.2. The number of hydrogen-bond acceptors (Lipinski definition) is 7. The van der Waals surface area contributed by atoms with Gasteiger partial charge in [0.05, 0.1) is 40.5 Å². The van der Waals surface area contributed by atoms with E-state index >= 15 is 0 Å². The Bertz CT molecular complexity index is 1380. The fraction of sp³-hybridized carbons (Fsp3) is 0.276. The summed E-state index contributed by atoms with van der Waals surface area (Å²) < 4.78 is 34.8. The number of halogens is 1. The number of hydrogen-bond donors (Lipinski definition) is 0. The molecule has 1 unspecified atom stereocenters. The highest BCUT2D eigenvalue weighted by molar-refractivity contribution is 6.23. The van der Waals surface area contributed by atoms with Gasteiger partial charge in [-0.25, -0.2) is 9.29 Å². The average Bonchev–Trinajstić information content (AvgIpc) is 3.25. The van der Waals surface area contributed by atoms with Gasteiger partial charge in [-0.2, -0.15) is 0 Å². The largest absolute Gasteiger partial charge is 0.493 e. The molecule has 1 aliphatic rings. The highest BCUT2D eigenvalue weighted by Gasteiger charge is 2.44. The van der Waals surface area contributed by atoms with E-state index in [1.54, 1.807) is 24.3 Å². The van der Waals surface area contributed by atoms with Gasteiger partial charge in [-0.15, -0.1) is 0 Å². The summed E-state index contributed by atoms with van der Waals surface area (Å²) in [5.74, 6) is -0.0995. The van der Waals surface area contributed by atoms with Crippen LogP contribution in [0.4, 0.5) is 10.1 Å². The lowest BCUT2D eigenvalue weighted by molar-refractivity contribution is -0.122. The molecule has 9 nitrogen and oxygen atoms in total. The lowest BCUT2D eigenvalue weighted by Crippen LogP contribution is -2.46. The van der Waals surface area contributed by atoms with Crippen molar-refractivity contribution in [2.45, 2.75) is 18.9 Å². The predicted molar refractivity (Wildman–Crippen MR) is 141 cm³/mol. The summed E-state index contributed by atoms with van der Waals surface area (Å²) in [6.07, 6.45) is 0.162. The molecule has 3 aromatic carbocycles. The van der Waals surface area contributed by atoms with Crippen molar-refractivity contribution < 1.29 is 37.7 Å². The van der Waals surface area contributed by atoms with Gasteiger partial charge in [0.1, 0.15) is 11.9 Å². The molecule has 1 aliphatic heterocycles. The normalized spacial score (nSPS) is 14.8. The van der Waals surface area contributed by atoms with Crippen LogP contribution in [0.1, 0.15) is 22.3 Å².